The Morgan fingerprint density at radius 2 is 2.11 bits per heavy atom. The fourth-order valence-corrected chi connectivity index (χ4v) is 2.62. The summed E-state index contributed by atoms with van der Waals surface area (Å²) in [6.45, 7) is 1.50. The summed E-state index contributed by atoms with van der Waals surface area (Å²) in [6.07, 6.45) is 2.27. The van der Waals surface area contributed by atoms with Crippen LogP contribution in [-0.2, 0) is 19.5 Å². The number of fused-ring (bicyclic) bond motifs is 1. The van der Waals surface area contributed by atoms with Crippen LogP contribution in [0.3, 0.4) is 0 Å². The number of aryl methyl sites for hydroxylation is 1. The Bertz CT molecular complexity index is 557. The molecule has 0 saturated heterocycles. The Morgan fingerprint density at radius 3 is 2.78 bits per heavy atom. The van der Waals surface area contributed by atoms with Crippen molar-refractivity contribution in [2.75, 3.05) is 7.11 Å². The number of hydrogen-bond acceptors (Lipinski definition) is 3. The molecule has 0 amide bonds. The van der Waals surface area contributed by atoms with E-state index in [1.54, 1.807) is 7.11 Å². The summed E-state index contributed by atoms with van der Waals surface area (Å²) in [6, 6.07) is 8.12. The zero-order valence-corrected chi connectivity index (χ0v) is 10.5. The van der Waals surface area contributed by atoms with Crippen molar-refractivity contribution in [3.05, 3.63) is 35.7 Å². The van der Waals surface area contributed by atoms with E-state index in [1.165, 1.54) is 23.2 Å². The highest BCUT2D eigenvalue weighted by Gasteiger charge is 2.21. The summed E-state index contributed by atoms with van der Waals surface area (Å²) < 4.78 is 7.29. The molecule has 4 nitrogen and oxygen atoms in total. The fraction of sp³-hybridized carbons (Fsp3) is 0.357. The van der Waals surface area contributed by atoms with Crippen LogP contribution in [0.1, 0.15) is 17.8 Å². The third-order valence-electron chi connectivity index (χ3n) is 3.49. The van der Waals surface area contributed by atoms with E-state index in [0.717, 1.165) is 24.4 Å². The molecule has 1 aromatic carbocycles. The molecule has 0 aliphatic carbocycles. The van der Waals surface area contributed by atoms with Gasteiger partial charge in [0.25, 0.3) is 0 Å². The fourth-order valence-electron chi connectivity index (χ4n) is 2.62. The standard InChI is InChI=1S/C14H17N3O/c1-18-11-6-4-10(5-7-11)14-12(9-15)16-17-8-2-3-13(14)17/h4-7H,2-3,8-9,15H2,1H3. The van der Waals surface area contributed by atoms with Gasteiger partial charge in [-0.15, -0.1) is 0 Å². The maximum atomic E-state index is 5.80. The lowest BCUT2D eigenvalue weighted by atomic mass is 10.0. The second kappa shape index (κ2) is 4.46. The van der Waals surface area contributed by atoms with Gasteiger partial charge in [-0.05, 0) is 30.5 Å². The van der Waals surface area contributed by atoms with Crippen molar-refractivity contribution >= 4 is 0 Å². The number of nitrogens with zero attached hydrogens (tertiary/aromatic N) is 2. The minimum absolute atomic E-state index is 0.487. The van der Waals surface area contributed by atoms with E-state index in [-0.39, 0.29) is 0 Å². The lowest BCUT2D eigenvalue weighted by Gasteiger charge is -2.05. The Labute approximate surface area is 106 Å². The van der Waals surface area contributed by atoms with Crippen molar-refractivity contribution in [3.63, 3.8) is 0 Å². The van der Waals surface area contributed by atoms with Crippen molar-refractivity contribution in [1.29, 1.82) is 0 Å². The van der Waals surface area contributed by atoms with Crippen LogP contribution >= 0.6 is 0 Å². The molecule has 0 spiro atoms. The summed E-state index contributed by atoms with van der Waals surface area (Å²) in [5.74, 6) is 0.872. The van der Waals surface area contributed by atoms with Crippen molar-refractivity contribution in [2.45, 2.75) is 25.9 Å². The quantitative estimate of drug-likeness (QED) is 0.896. The molecule has 2 aromatic rings. The second-order valence-corrected chi connectivity index (χ2v) is 4.53. The molecular weight excluding hydrogens is 226 g/mol. The van der Waals surface area contributed by atoms with Crippen molar-refractivity contribution in [2.24, 2.45) is 5.73 Å². The number of aromatic nitrogens is 2. The third kappa shape index (κ3) is 1.69. The zero-order chi connectivity index (χ0) is 12.5. The summed E-state index contributed by atoms with van der Waals surface area (Å²) in [4.78, 5) is 0. The first kappa shape index (κ1) is 11.3. The largest absolute Gasteiger partial charge is 0.497 e. The van der Waals surface area contributed by atoms with Crippen molar-refractivity contribution in [3.8, 4) is 16.9 Å². The van der Waals surface area contributed by atoms with Gasteiger partial charge < -0.3 is 10.5 Å². The summed E-state index contributed by atoms with van der Waals surface area (Å²) in [7, 11) is 1.68. The van der Waals surface area contributed by atoms with Gasteiger partial charge in [0.15, 0.2) is 0 Å². The molecule has 3 rings (SSSR count). The molecule has 0 atom stereocenters. The van der Waals surface area contributed by atoms with Crippen LogP contribution in [0.5, 0.6) is 5.75 Å². The molecule has 94 valence electrons. The number of methoxy groups -OCH3 is 1. The molecule has 2 heterocycles. The van der Waals surface area contributed by atoms with Gasteiger partial charge in [-0.1, -0.05) is 12.1 Å². The zero-order valence-electron chi connectivity index (χ0n) is 10.5. The predicted molar refractivity (Wildman–Crippen MR) is 70.4 cm³/mol. The van der Waals surface area contributed by atoms with E-state index in [2.05, 4.69) is 21.9 Å². The molecule has 2 N–H and O–H groups in total. The number of nitrogens with two attached hydrogens (primary N) is 1. The smallest absolute Gasteiger partial charge is 0.118 e. The monoisotopic (exact) mass is 243 g/mol. The topological polar surface area (TPSA) is 53.1 Å². The average Bonchev–Trinajstić information content (AvgIpc) is 2.98. The molecule has 4 heteroatoms. The summed E-state index contributed by atoms with van der Waals surface area (Å²) in [5.41, 5.74) is 10.5. The first-order valence-corrected chi connectivity index (χ1v) is 6.26. The Morgan fingerprint density at radius 1 is 1.33 bits per heavy atom. The lowest BCUT2D eigenvalue weighted by molar-refractivity contribution is 0.415. The van der Waals surface area contributed by atoms with Crippen molar-refractivity contribution < 1.29 is 4.74 Å². The van der Waals surface area contributed by atoms with Gasteiger partial charge in [-0.25, -0.2) is 0 Å². The Kier molecular flexibility index (Phi) is 2.80. The molecule has 0 unspecified atom stereocenters. The number of rotatable bonds is 3. The van der Waals surface area contributed by atoms with Gasteiger partial charge in [0.05, 0.1) is 12.8 Å². The van der Waals surface area contributed by atoms with Gasteiger partial charge in [0.1, 0.15) is 5.75 Å². The molecule has 0 fully saturated rings. The number of benzene rings is 1. The van der Waals surface area contributed by atoms with Crippen LogP contribution < -0.4 is 10.5 Å². The van der Waals surface area contributed by atoms with E-state index in [4.69, 9.17) is 10.5 Å². The van der Waals surface area contributed by atoms with Gasteiger partial charge in [-0.2, -0.15) is 5.10 Å². The van der Waals surface area contributed by atoms with Crippen LogP contribution in [0, 0.1) is 0 Å². The third-order valence-corrected chi connectivity index (χ3v) is 3.49. The van der Waals surface area contributed by atoms with Crippen LogP contribution in [0.4, 0.5) is 0 Å². The van der Waals surface area contributed by atoms with E-state index in [9.17, 15) is 0 Å². The maximum absolute atomic E-state index is 5.80. The molecule has 0 radical (unpaired) electrons. The van der Waals surface area contributed by atoms with Gasteiger partial charge in [0.2, 0.25) is 0 Å². The normalized spacial score (nSPS) is 13.7. The van der Waals surface area contributed by atoms with Crippen LogP contribution in [0.15, 0.2) is 24.3 Å². The number of hydrogen-bond donors (Lipinski definition) is 1. The van der Waals surface area contributed by atoms with Crippen LogP contribution in [0.25, 0.3) is 11.1 Å². The molecule has 0 saturated carbocycles. The molecule has 0 bridgehead atoms. The first-order chi connectivity index (χ1) is 8.83. The minimum Gasteiger partial charge on any atom is -0.497 e. The van der Waals surface area contributed by atoms with E-state index in [0.29, 0.717) is 6.54 Å². The Balaban J connectivity index is 2.09. The van der Waals surface area contributed by atoms with E-state index >= 15 is 0 Å². The lowest BCUT2D eigenvalue weighted by Crippen LogP contribution is -2.01. The molecular formula is C14H17N3O. The van der Waals surface area contributed by atoms with E-state index < -0.39 is 0 Å². The van der Waals surface area contributed by atoms with Gasteiger partial charge >= 0.3 is 0 Å². The van der Waals surface area contributed by atoms with Crippen molar-refractivity contribution in [1.82, 2.24) is 9.78 Å². The van der Waals surface area contributed by atoms with Crippen LogP contribution in [0.2, 0.25) is 0 Å². The summed E-state index contributed by atoms with van der Waals surface area (Å²) in [5, 5.41) is 4.59. The molecule has 18 heavy (non-hydrogen) atoms. The highest BCUT2D eigenvalue weighted by atomic mass is 16.5. The highest BCUT2D eigenvalue weighted by molar-refractivity contribution is 5.70. The SMILES string of the molecule is COc1ccc(-c2c(CN)nn3c2CCC3)cc1. The molecule has 1 aliphatic rings. The van der Waals surface area contributed by atoms with Gasteiger partial charge in [-0.3, -0.25) is 4.68 Å². The Hall–Kier alpha value is -1.81. The van der Waals surface area contributed by atoms with Crippen LogP contribution in [-0.4, -0.2) is 16.9 Å². The van der Waals surface area contributed by atoms with E-state index in [1.807, 2.05) is 12.1 Å². The average molecular weight is 243 g/mol. The first-order valence-electron chi connectivity index (χ1n) is 6.26. The minimum atomic E-state index is 0.487. The maximum Gasteiger partial charge on any atom is 0.118 e. The second-order valence-electron chi connectivity index (χ2n) is 4.53. The highest BCUT2D eigenvalue weighted by Crippen LogP contribution is 2.32. The molecule has 1 aliphatic heterocycles. The van der Waals surface area contributed by atoms with Gasteiger partial charge in [0, 0.05) is 24.3 Å². The molecule has 1 aromatic heterocycles. The number of ether oxygens (including phenoxy) is 1. The predicted octanol–water partition coefficient (Wildman–Crippen LogP) is 1.96. The summed E-state index contributed by atoms with van der Waals surface area (Å²) >= 11 is 0.